The summed E-state index contributed by atoms with van der Waals surface area (Å²) in [4.78, 5) is 0. The Morgan fingerprint density at radius 1 is 1.32 bits per heavy atom. The van der Waals surface area contributed by atoms with Gasteiger partial charge in [-0.05, 0) is 48.5 Å². The summed E-state index contributed by atoms with van der Waals surface area (Å²) < 4.78 is 3.13. The minimum absolute atomic E-state index is 0.597. The molecule has 0 unspecified atom stereocenters. The maximum atomic E-state index is 4.45. The zero-order valence-electron chi connectivity index (χ0n) is 12.4. The summed E-state index contributed by atoms with van der Waals surface area (Å²) in [5.41, 5.74) is 2.32. The van der Waals surface area contributed by atoms with Crippen molar-refractivity contribution in [1.82, 2.24) is 15.1 Å². The first kappa shape index (κ1) is 15.0. The molecule has 4 heteroatoms. The third kappa shape index (κ3) is 3.82. The molecule has 0 aliphatic heterocycles. The number of aromatic nitrogens is 2. The molecule has 108 valence electrons. The maximum absolute atomic E-state index is 4.45. The molecule has 1 aliphatic rings. The van der Waals surface area contributed by atoms with Crippen molar-refractivity contribution in [3.63, 3.8) is 0 Å². The summed E-state index contributed by atoms with van der Waals surface area (Å²) in [7, 11) is 2.02. The first-order chi connectivity index (χ1) is 9.09. The summed E-state index contributed by atoms with van der Waals surface area (Å²) >= 11 is 3.64. The zero-order valence-corrected chi connectivity index (χ0v) is 14.0. The number of halogens is 1. The Bertz CT molecular complexity index is 406. The predicted octanol–water partition coefficient (Wildman–Crippen LogP) is 3.94. The van der Waals surface area contributed by atoms with E-state index in [9.17, 15) is 0 Å². The summed E-state index contributed by atoms with van der Waals surface area (Å²) in [6.07, 6.45) is 8.45. The van der Waals surface area contributed by atoms with Crippen LogP contribution in [0.25, 0.3) is 0 Å². The minimum atomic E-state index is 0.597. The van der Waals surface area contributed by atoms with E-state index in [0.717, 1.165) is 22.6 Å². The number of nitrogens with zero attached hydrogens (tertiary/aromatic N) is 2. The molecule has 1 saturated carbocycles. The van der Waals surface area contributed by atoms with Gasteiger partial charge in [-0.15, -0.1) is 0 Å². The van der Waals surface area contributed by atoms with Gasteiger partial charge in [0.1, 0.15) is 0 Å². The standard InChI is InChI=1S/C15H26BrN3/c1-11(13-8-6-4-5-7-9-13)17-10-14-15(16)12(2)18-19(14)3/h11,13,17H,4-10H2,1-3H3/t11-/m0/s1. The van der Waals surface area contributed by atoms with E-state index in [-0.39, 0.29) is 0 Å². The second-order valence-electron chi connectivity index (χ2n) is 5.89. The topological polar surface area (TPSA) is 29.9 Å². The van der Waals surface area contributed by atoms with Gasteiger partial charge in [-0.2, -0.15) is 5.10 Å². The Hall–Kier alpha value is -0.350. The minimum Gasteiger partial charge on any atom is -0.308 e. The molecule has 0 aromatic carbocycles. The summed E-state index contributed by atoms with van der Waals surface area (Å²) in [5.74, 6) is 0.843. The molecule has 1 aliphatic carbocycles. The molecule has 19 heavy (non-hydrogen) atoms. The van der Waals surface area contributed by atoms with Crippen molar-refractivity contribution in [1.29, 1.82) is 0 Å². The number of aryl methyl sites for hydroxylation is 2. The number of hydrogen-bond acceptors (Lipinski definition) is 2. The maximum Gasteiger partial charge on any atom is 0.0739 e. The van der Waals surface area contributed by atoms with Gasteiger partial charge < -0.3 is 5.32 Å². The van der Waals surface area contributed by atoms with Gasteiger partial charge >= 0.3 is 0 Å². The molecule has 1 fully saturated rings. The van der Waals surface area contributed by atoms with Crippen LogP contribution in [0.2, 0.25) is 0 Å². The van der Waals surface area contributed by atoms with E-state index in [4.69, 9.17) is 0 Å². The van der Waals surface area contributed by atoms with E-state index in [0.29, 0.717) is 6.04 Å². The van der Waals surface area contributed by atoms with Crippen molar-refractivity contribution in [3.05, 3.63) is 15.9 Å². The van der Waals surface area contributed by atoms with Crippen LogP contribution in [-0.2, 0) is 13.6 Å². The highest BCUT2D eigenvalue weighted by atomic mass is 79.9. The summed E-state index contributed by atoms with van der Waals surface area (Å²) in [6, 6.07) is 0.597. The molecule has 3 nitrogen and oxygen atoms in total. The molecule has 0 saturated heterocycles. The lowest BCUT2D eigenvalue weighted by Crippen LogP contribution is -2.33. The molecule has 0 radical (unpaired) electrons. The van der Waals surface area contributed by atoms with Crippen molar-refractivity contribution in [3.8, 4) is 0 Å². The van der Waals surface area contributed by atoms with Crippen LogP contribution >= 0.6 is 15.9 Å². The Labute approximate surface area is 125 Å². The monoisotopic (exact) mass is 327 g/mol. The average molecular weight is 328 g/mol. The van der Waals surface area contributed by atoms with E-state index >= 15 is 0 Å². The largest absolute Gasteiger partial charge is 0.308 e. The lowest BCUT2D eigenvalue weighted by Gasteiger charge is -2.23. The predicted molar refractivity (Wildman–Crippen MR) is 83.1 cm³/mol. The molecule has 0 spiro atoms. The Morgan fingerprint density at radius 2 is 1.95 bits per heavy atom. The van der Waals surface area contributed by atoms with Gasteiger partial charge in [-0.3, -0.25) is 4.68 Å². The smallest absolute Gasteiger partial charge is 0.0739 e. The van der Waals surface area contributed by atoms with Gasteiger partial charge in [0.05, 0.1) is 15.9 Å². The second kappa shape index (κ2) is 6.89. The van der Waals surface area contributed by atoms with Crippen LogP contribution in [0.3, 0.4) is 0 Å². The molecular formula is C15H26BrN3. The van der Waals surface area contributed by atoms with Crippen LogP contribution in [0.1, 0.15) is 56.8 Å². The molecule has 0 bridgehead atoms. The molecule has 2 rings (SSSR count). The van der Waals surface area contributed by atoms with Crippen molar-refractivity contribution in [2.45, 2.75) is 65.0 Å². The van der Waals surface area contributed by atoms with Gasteiger partial charge in [0.15, 0.2) is 0 Å². The van der Waals surface area contributed by atoms with E-state index in [1.807, 2.05) is 18.7 Å². The third-order valence-corrected chi connectivity index (χ3v) is 5.49. The van der Waals surface area contributed by atoms with Gasteiger partial charge in [0.25, 0.3) is 0 Å². The van der Waals surface area contributed by atoms with Gasteiger partial charge in [0, 0.05) is 19.6 Å². The quantitative estimate of drug-likeness (QED) is 0.849. The Morgan fingerprint density at radius 3 is 2.47 bits per heavy atom. The number of nitrogens with one attached hydrogen (secondary N) is 1. The van der Waals surface area contributed by atoms with Crippen molar-refractivity contribution in [2.75, 3.05) is 0 Å². The highest BCUT2D eigenvalue weighted by molar-refractivity contribution is 9.10. The second-order valence-corrected chi connectivity index (χ2v) is 6.68. The lowest BCUT2D eigenvalue weighted by molar-refractivity contribution is 0.334. The fourth-order valence-corrected chi connectivity index (χ4v) is 3.58. The molecule has 1 atom stereocenters. The molecule has 1 heterocycles. The van der Waals surface area contributed by atoms with E-state index in [1.165, 1.54) is 44.2 Å². The van der Waals surface area contributed by atoms with Crippen LogP contribution in [0.5, 0.6) is 0 Å². The Kier molecular flexibility index (Phi) is 5.46. The van der Waals surface area contributed by atoms with E-state index in [1.54, 1.807) is 0 Å². The van der Waals surface area contributed by atoms with E-state index in [2.05, 4.69) is 33.3 Å². The van der Waals surface area contributed by atoms with Gasteiger partial charge in [-0.25, -0.2) is 0 Å². The first-order valence-electron chi connectivity index (χ1n) is 7.51. The van der Waals surface area contributed by atoms with Crippen molar-refractivity contribution in [2.24, 2.45) is 13.0 Å². The fourth-order valence-electron chi connectivity index (χ4n) is 3.11. The molecule has 1 aromatic heterocycles. The van der Waals surface area contributed by atoms with Gasteiger partial charge in [0.2, 0.25) is 0 Å². The first-order valence-corrected chi connectivity index (χ1v) is 8.30. The van der Waals surface area contributed by atoms with Crippen LogP contribution < -0.4 is 5.32 Å². The molecule has 1 aromatic rings. The highest BCUT2D eigenvalue weighted by Crippen LogP contribution is 2.26. The zero-order chi connectivity index (χ0) is 13.8. The van der Waals surface area contributed by atoms with Crippen LogP contribution in [0.4, 0.5) is 0 Å². The fraction of sp³-hybridized carbons (Fsp3) is 0.800. The highest BCUT2D eigenvalue weighted by Gasteiger charge is 2.19. The summed E-state index contributed by atoms with van der Waals surface area (Å²) in [6.45, 7) is 5.28. The average Bonchev–Trinajstić information content (AvgIpc) is 2.62. The normalized spacial score (nSPS) is 19.4. The number of rotatable bonds is 4. The van der Waals surface area contributed by atoms with Crippen LogP contribution in [0.15, 0.2) is 4.47 Å². The van der Waals surface area contributed by atoms with E-state index < -0.39 is 0 Å². The van der Waals surface area contributed by atoms with Crippen molar-refractivity contribution >= 4 is 15.9 Å². The molecular weight excluding hydrogens is 302 g/mol. The Balaban J connectivity index is 1.90. The molecule has 1 N–H and O–H groups in total. The third-order valence-electron chi connectivity index (χ3n) is 4.46. The van der Waals surface area contributed by atoms with Crippen LogP contribution in [-0.4, -0.2) is 15.8 Å². The van der Waals surface area contributed by atoms with Gasteiger partial charge in [-0.1, -0.05) is 25.7 Å². The van der Waals surface area contributed by atoms with Crippen LogP contribution in [0, 0.1) is 12.8 Å². The number of hydrogen-bond donors (Lipinski definition) is 1. The molecule has 0 amide bonds. The lowest BCUT2D eigenvalue weighted by atomic mass is 9.93. The SMILES string of the molecule is Cc1nn(C)c(CN[C@@H](C)C2CCCCCC2)c1Br. The summed E-state index contributed by atoms with van der Waals surface area (Å²) in [5, 5.41) is 8.15. The van der Waals surface area contributed by atoms with Crippen molar-refractivity contribution < 1.29 is 0 Å².